The van der Waals surface area contributed by atoms with E-state index in [1.165, 1.54) is 0 Å². The second-order valence-electron chi connectivity index (χ2n) is 3.22. The minimum Gasteiger partial charge on any atom is -0.849 e. The van der Waals surface area contributed by atoms with Gasteiger partial charge in [-0.15, -0.1) is 0 Å². The van der Waals surface area contributed by atoms with Gasteiger partial charge in [0.1, 0.15) is 0 Å². The molecule has 12 heavy (non-hydrogen) atoms. The zero-order chi connectivity index (χ0) is 7.90. The maximum Gasteiger partial charge on any atom is 1.00 e. The Bertz CT molecular complexity index is 270. The van der Waals surface area contributed by atoms with Crippen molar-refractivity contribution >= 4 is 0 Å². The molecule has 1 saturated carbocycles. The van der Waals surface area contributed by atoms with E-state index in [-0.39, 0.29) is 69.2 Å². The molecular weight excluding hydrogens is 183 g/mol. The maximum absolute atomic E-state index is 10.3. The molecule has 0 radical (unpaired) electrons. The van der Waals surface area contributed by atoms with Crippen LogP contribution in [0.2, 0.25) is 0 Å². The number of rotatable bonds is 2. The Kier molecular flexibility index (Phi) is 3.47. The molecule has 0 bridgehead atoms. The van der Waals surface area contributed by atoms with Crippen LogP contribution < -0.4 is 56.5 Å². The number of nitrogens with zero attached hydrogens (tertiary/aromatic N) is 2. The van der Waals surface area contributed by atoms with Gasteiger partial charge in [-0.3, -0.25) is 0 Å². The van der Waals surface area contributed by atoms with Gasteiger partial charge in [-0.25, -0.2) is 0 Å². The molecule has 1 aliphatic carbocycles. The van der Waals surface area contributed by atoms with Gasteiger partial charge in [0.15, 0.2) is 5.82 Å². The summed E-state index contributed by atoms with van der Waals surface area (Å²) in [6.07, 6.45) is 2.18. The monoisotopic (exact) mass is 192 g/mol. The maximum atomic E-state index is 10.3. The molecule has 1 aliphatic rings. The van der Waals surface area contributed by atoms with Crippen LogP contribution in [0.3, 0.4) is 0 Å². The molecule has 0 aliphatic heterocycles. The van der Waals surface area contributed by atoms with Crippen LogP contribution in [0.5, 0.6) is 0 Å². The third kappa shape index (κ3) is 1.97. The van der Waals surface area contributed by atoms with Crippen LogP contribution in [0.25, 0.3) is 0 Å². The number of hydrogen-bond acceptors (Lipinski definition) is 4. The molecule has 1 fully saturated rings. The first-order valence-corrected chi connectivity index (χ1v) is 3.66. The van der Waals surface area contributed by atoms with Crippen LogP contribution in [-0.2, 0) is 12.0 Å². The topological polar surface area (TPSA) is 62.0 Å². The Morgan fingerprint density at radius 1 is 1.58 bits per heavy atom. The number of aromatic nitrogens is 2. The van der Waals surface area contributed by atoms with Gasteiger partial charge < -0.3 is 9.63 Å². The predicted molar refractivity (Wildman–Crippen MR) is 34.6 cm³/mol. The summed E-state index contributed by atoms with van der Waals surface area (Å²) < 4.78 is 4.92. The van der Waals surface area contributed by atoms with E-state index in [9.17, 15) is 5.11 Å². The molecule has 0 aromatic carbocycles. The zero-order valence-electron chi connectivity index (χ0n) is 7.33. The van der Waals surface area contributed by atoms with E-state index in [1.54, 1.807) is 0 Å². The summed E-state index contributed by atoms with van der Waals surface area (Å²) in [5.74, 6) is 0.900. The molecule has 0 amide bonds. The Hall–Kier alpha value is 0.736. The average molecular weight is 192 g/mol. The molecule has 1 aromatic heterocycles. The van der Waals surface area contributed by atoms with Crippen LogP contribution in [0.15, 0.2) is 4.52 Å². The fraction of sp³-hybridized carbons (Fsp3) is 0.714. The van der Waals surface area contributed by atoms with Crippen LogP contribution >= 0.6 is 0 Å². The Labute approximate surface area is 113 Å². The van der Waals surface area contributed by atoms with Gasteiger partial charge in [0, 0.05) is 5.41 Å². The molecular formula is C7H9KN2O2. The van der Waals surface area contributed by atoms with Crippen LogP contribution in [0, 0.1) is 0 Å². The molecule has 4 nitrogen and oxygen atoms in total. The Balaban J connectivity index is 0.000000720. The van der Waals surface area contributed by atoms with Gasteiger partial charge >= 0.3 is 51.4 Å². The van der Waals surface area contributed by atoms with E-state index < -0.39 is 0 Å². The van der Waals surface area contributed by atoms with Crippen LogP contribution in [0.4, 0.5) is 0 Å². The van der Waals surface area contributed by atoms with Gasteiger partial charge in [0.25, 0.3) is 0 Å². The van der Waals surface area contributed by atoms with Crippen LogP contribution in [0.1, 0.15) is 31.5 Å². The molecule has 0 unspecified atom stereocenters. The van der Waals surface area contributed by atoms with E-state index in [1.807, 2.05) is 0 Å². The minimum absolute atomic E-state index is 0. The molecule has 2 rings (SSSR count). The molecule has 0 atom stereocenters. The molecule has 1 heterocycles. The smallest absolute Gasteiger partial charge is 0.849 e. The van der Waals surface area contributed by atoms with Crippen molar-refractivity contribution in [3.63, 3.8) is 0 Å². The van der Waals surface area contributed by atoms with E-state index in [0.29, 0.717) is 5.89 Å². The van der Waals surface area contributed by atoms with E-state index in [0.717, 1.165) is 12.8 Å². The Morgan fingerprint density at radius 2 is 2.25 bits per heavy atom. The fourth-order valence-corrected chi connectivity index (χ4v) is 0.959. The standard InChI is InChI=1S/C7H9N2O2.K/c1-7(2-3-7)6-8-5(4-10)9-11-6;/h2-4H2,1H3;/q-1;+1. The second-order valence-corrected chi connectivity index (χ2v) is 3.22. The summed E-state index contributed by atoms with van der Waals surface area (Å²) >= 11 is 0. The molecule has 1 aromatic rings. The quantitative estimate of drug-likeness (QED) is 0.468. The van der Waals surface area contributed by atoms with Crippen molar-refractivity contribution in [2.75, 3.05) is 0 Å². The van der Waals surface area contributed by atoms with Gasteiger partial charge in [-0.05, 0) is 12.8 Å². The summed E-state index contributed by atoms with van der Waals surface area (Å²) in [6.45, 7) is 1.68. The van der Waals surface area contributed by atoms with E-state index >= 15 is 0 Å². The first kappa shape index (κ1) is 10.8. The molecule has 0 spiro atoms. The largest absolute Gasteiger partial charge is 1.00 e. The van der Waals surface area contributed by atoms with Crippen molar-refractivity contribution in [2.24, 2.45) is 0 Å². The summed E-state index contributed by atoms with van der Waals surface area (Å²) in [5, 5.41) is 13.8. The molecule has 5 heteroatoms. The first-order valence-electron chi connectivity index (χ1n) is 3.66. The average Bonchev–Trinajstić information content (AvgIpc) is 2.61. The normalized spacial score (nSPS) is 18.5. The number of hydrogen-bond donors (Lipinski definition) is 0. The Morgan fingerprint density at radius 3 is 2.67 bits per heavy atom. The van der Waals surface area contributed by atoms with Gasteiger partial charge in [-0.2, -0.15) is 4.98 Å². The van der Waals surface area contributed by atoms with Crippen molar-refractivity contribution in [1.82, 2.24) is 10.1 Å². The van der Waals surface area contributed by atoms with Crippen molar-refractivity contribution in [3.8, 4) is 0 Å². The van der Waals surface area contributed by atoms with Gasteiger partial charge in [0.05, 0.1) is 0 Å². The third-order valence-electron chi connectivity index (χ3n) is 2.11. The summed E-state index contributed by atoms with van der Waals surface area (Å²) in [6, 6.07) is 0. The second kappa shape index (κ2) is 3.85. The molecule has 0 N–H and O–H groups in total. The fourth-order valence-electron chi connectivity index (χ4n) is 0.959. The van der Waals surface area contributed by atoms with Crippen molar-refractivity contribution in [1.29, 1.82) is 0 Å². The van der Waals surface area contributed by atoms with Crippen LogP contribution in [-0.4, -0.2) is 10.1 Å². The summed E-state index contributed by atoms with van der Waals surface area (Å²) in [7, 11) is 0. The minimum atomic E-state index is -0.389. The van der Waals surface area contributed by atoms with Gasteiger partial charge in [-0.1, -0.05) is 18.7 Å². The van der Waals surface area contributed by atoms with Crippen molar-refractivity contribution < 1.29 is 61.0 Å². The first-order chi connectivity index (χ1) is 5.24. The van der Waals surface area contributed by atoms with Crippen molar-refractivity contribution in [2.45, 2.75) is 31.8 Å². The third-order valence-corrected chi connectivity index (χ3v) is 2.11. The van der Waals surface area contributed by atoms with E-state index in [2.05, 4.69) is 17.1 Å². The SMILES string of the molecule is CC1(c2nc(C[O-])no2)CC1.[K+]. The van der Waals surface area contributed by atoms with Crippen molar-refractivity contribution in [3.05, 3.63) is 11.7 Å². The zero-order valence-corrected chi connectivity index (χ0v) is 10.5. The summed E-state index contributed by atoms with van der Waals surface area (Å²) in [4.78, 5) is 3.97. The molecule has 0 saturated heterocycles. The van der Waals surface area contributed by atoms with Gasteiger partial charge in [0.2, 0.25) is 5.89 Å². The predicted octanol–water partition coefficient (Wildman–Crippen LogP) is -3.01. The summed E-state index contributed by atoms with van der Waals surface area (Å²) in [5.41, 5.74) is 0.0837. The van der Waals surface area contributed by atoms with E-state index in [4.69, 9.17) is 4.52 Å². The molecule has 60 valence electrons.